The van der Waals surface area contributed by atoms with Crippen molar-refractivity contribution in [1.29, 1.82) is 0 Å². The van der Waals surface area contributed by atoms with Gasteiger partial charge in [0.05, 0.1) is 4.90 Å². The SMILES string of the molecule is O=S(=O)(NCCc1ccc(F)cc1)c1ccc(F)c(F)c1. The molecule has 0 bridgehead atoms. The summed E-state index contributed by atoms with van der Waals surface area (Å²) in [6, 6.07) is 8.00. The van der Waals surface area contributed by atoms with Crippen LogP contribution in [0.3, 0.4) is 0 Å². The summed E-state index contributed by atoms with van der Waals surface area (Å²) in [6.45, 7) is 0.0625. The lowest BCUT2D eigenvalue weighted by Crippen LogP contribution is -2.26. The maximum atomic E-state index is 13.0. The Balaban J connectivity index is 2.01. The van der Waals surface area contributed by atoms with E-state index in [1.54, 1.807) is 12.1 Å². The molecule has 7 heteroatoms. The van der Waals surface area contributed by atoms with Crippen LogP contribution in [0.15, 0.2) is 47.4 Å². The van der Waals surface area contributed by atoms with Gasteiger partial charge < -0.3 is 0 Å². The van der Waals surface area contributed by atoms with E-state index in [1.165, 1.54) is 12.1 Å². The molecule has 1 N–H and O–H groups in total. The Labute approximate surface area is 120 Å². The molecule has 0 saturated heterocycles. The van der Waals surface area contributed by atoms with Gasteiger partial charge in [-0.25, -0.2) is 26.3 Å². The number of benzene rings is 2. The summed E-state index contributed by atoms with van der Waals surface area (Å²) in [5, 5.41) is 0. The van der Waals surface area contributed by atoms with E-state index in [4.69, 9.17) is 0 Å². The maximum absolute atomic E-state index is 13.0. The van der Waals surface area contributed by atoms with Crippen molar-refractivity contribution >= 4 is 10.0 Å². The fraction of sp³-hybridized carbons (Fsp3) is 0.143. The van der Waals surface area contributed by atoms with Crippen LogP contribution in [0.4, 0.5) is 13.2 Å². The largest absolute Gasteiger partial charge is 0.240 e. The molecule has 0 aromatic heterocycles. The monoisotopic (exact) mass is 315 g/mol. The zero-order valence-electron chi connectivity index (χ0n) is 10.8. The molecule has 0 fully saturated rings. The highest BCUT2D eigenvalue weighted by atomic mass is 32.2. The van der Waals surface area contributed by atoms with Crippen molar-refractivity contribution in [2.75, 3.05) is 6.54 Å². The van der Waals surface area contributed by atoms with Crippen molar-refractivity contribution in [1.82, 2.24) is 4.72 Å². The van der Waals surface area contributed by atoms with Crippen LogP contribution in [-0.2, 0) is 16.4 Å². The normalized spacial score (nSPS) is 11.6. The van der Waals surface area contributed by atoms with E-state index in [2.05, 4.69) is 4.72 Å². The number of hydrogen-bond donors (Lipinski definition) is 1. The topological polar surface area (TPSA) is 46.2 Å². The van der Waals surface area contributed by atoms with Gasteiger partial charge in [-0.1, -0.05) is 12.1 Å². The number of rotatable bonds is 5. The second-order valence-electron chi connectivity index (χ2n) is 4.35. The summed E-state index contributed by atoms with van der Waals surface area (Å²) >= 11 is 0. The lowest BCUT2D eigenvalue weighted by molar-refractivity contribution is 0.504. The molecule has 3 nitrogen and oxygen atoms in total. The molecule has 2 rings (SSSR count). The zero-order chi connectivity index (χ0) is 15.5. The highest BCUT2D eigenvalue weighted by Crippen LogP contribution is 2.13. The predicted molar refractivity (Wildman–Crippen MR) is 71.7 cm³/mol. The van der Waals surface area contributed by atoms with Gasteiger partial charge in [0.2, 0.25) is 10.0 Å². The van der Waals surface area contributed by atoms with E-state index in [-0.39, 0.29) is 17.3 Å². The highest BCUT2D eigenvalue weighted by molar-refractivity contribution is 7.89. The first-order valence-electron chi connectivity index (χ1n) is 6.08. The molecule has 0 unspecified atom stereocenters. The van der Waals surface area contributed by atoms with Gasteiger partial charge in [0.1, 0.15) is 5.82 Å². The summed E-state index contributed by atoms with van der Waals surface area (Å²) in [5.41, 5.74) is 0.754. The van der Waals surface area contributed by atoms with Crippen LogP contribution in [0.2, 0.25) is 0 Å². The molecule has 2 aromatic rings. The van der Waals surface area contributed by atoms with Gasteiger partial charge in [0.15, 0.2) is 11.6 Å². The molecule has 0 spiro atoms. The average molecular weight is 315 g/mol. The minimum atomic E-state index is -3.91. The van der Waals surface area contributed by atoms with Crippen molar-refractivity contribution in [3.05, 3.63) is 65.5 Å². The lowest BCUT2D eigenvalue weighted by Gasteiger charge is -2.07. The fourth-order valence-corrected chi connectivity index (χ4v) is 2.75. The van der Waals surface area contributed by atoms with Crippen molar-refractivity contribution in [3.63, 3.8) is 0 Å². The molecular weight excluding hydrogens is 303 g/mol. The van der Waals surface area contributed by atoms with E-state index in [0.717, 1.165) is 17.7 Å². The average Bonchev–Trinajstić information content (AvgIpc) is 2.44. The number of sulfonamides is 1. The van der Waals surface area contributed by atoms with E-state index in [0.29, 0.717) is 12.5 Å². The van der Waals surface area contributed by atoms with Crippen LogP contribution in [-0.4, -0.2) is 15.0 Å². The van der Waals surface area contributed by atoms with Crippen LogP contribution < -0.4 is 4.72 Å². The Morgan fingerprint density at radius 1 is 0.905 bits per heavy atom. The van der Waals surface area contributed by atoms with E-state index < -0.39 is 21.7 Å². The number of nitrogens with one attached hydrogen (secondary N) is 1. The summed E-state index contributed by atoms with van der Waals surface area (Å²) in [7, 11) is -3.91. The van der Waals surface area contributed by atoms with Gasteiger partial charge in [-0.2, -0.15) is 0 Å². The fourth-order valence-electron chi connectivity index (χ4n) is 1.71. The van der Waals surface area contributed by atoms with E-state index in [9.17, 15) is 21.6 Å². The molecule has 0 radical (unpaired) electrons. The summed E-state index contributed by atoms with van der Waals surface area (Å²) in [5.74, 6) is -2.71. The Morgan fingerprint density at radius 3 is 2.19 bits per heavy atom. The van der Waals surface area contributed by atoms with E-state index in [1.807, 2.05) is 0 Å². The molecule has 0 aliphatic rings. The van der Waals surface area contributed by atoms with Crippen molar-refractivity contribution in [2.24, 2.45) is 0 Å². The Hall–Kier alpha value is -1.86. The molecule has 0 saturated carbocycles. The molecule has 0 heterocycles. The minimum Gasteiger partial charge on any atom is -0.211 e. The third kappa shape index (κ3) is 4.05. The Kier molecular flexibility index (Phi) is 4.64. The van der Waals surface area contributed by atoms with Crippen LogP contribution in [0.1, 0.15) is 5.56 Å². The van der Waals surface area contributed by atoms with Crippen LogP contribution in [0.25, 0.3) is 0 Å². The van der Waals surface area contributed by atoms with Crippen LogP contribution >= 0.6 is 0 Å². The Morgan fingerprint density at radius 2 is 1.57 bits per heavy atom. The third-order valence-electron chi connectivity index (χ3n) is 2.82. The first-order chi connectivity index (χ1) is 9.88. The molecule has 112 valence electrons. The molecule has 2 aromatic carbocycles. The molecular formula is C14H12F3NO2S. The van der Waals surface area contributed by atoms with Crippen molar-refractivity contribution in [3.8, 4) is 0 Å². The predicted octanol–water partition coefficient (Wildman–Crippen LogP) is 2.62. The highest BCUT2D eigenvalue weighted by Gasteiger charge is 2.15. The molecule has 0 aliphatic heterocycles. The smallest absolute Gasteiger partial charge is 0.211 e. The van der Waals surface area contributed by atoms with Gasteiger partial charge in [-0.15, -0.1) is 0 Å². The number of halogens is 3. The summed E-state index contributed by atoms with van der Waals surface area (Å²) < 4.78 is 64.5. The maximum Gasteiger partial charge on any atom is 0.240 e. The molecule has 0 amide bonds. The van der Waals surface area contributed by atoms with Gasteiger partial charge in [0.25, 0.3) is 0 Å². The Bertz CT molecular complexity index is 730. The summed E-state index contributed by atoms with van der Waals surface area (Å²) in [4.78, 5) is -0.347. The number of hydrogen-bond acceptors (Lipinski definition) is 2. The lowest BCUT2D eigenvalue weighted by atomic mass is 10.1. The van der Waals surface area contributed by atoms with Crippen molar-refractivity contribution in [2.45, 2.75) is 11.3 Å². The zero-order valence-corrected chi connectivity index (χ0v) is 11.6. The van der Waals surface area contributed by atoms with Crippen molar-refractivity contribution < 1.29 is 21.6 Å². The minimum absolute atomic E-state index is 0.0625. The second-order valence-corrected chi connectivity index (χ2v) is 6.12. The summed E-state index contributed by atoms with van der Waals surface area (Å²) in [6.07, 6.45) is 0.350. The van der Waals surface area contributed by atoms with Crippen LogP contribution in [0, 0.1) is 17.5 Å². The third-order valence-corrected chi connectivity index (χ3v) is 4.28. The van der Waals surface area contributed by atoms with Gasteiger partial charge in [-0.3, -0.25) is 0 Å². The quantitative estimate of drug-likeness (QED) is 0.922. The standard InChI is InChI=1S/C14H12F3NO2S/c15-11-3-1-10(2-4-11)7-8-18-21(19,20)12-5-6-13(16)14(17)9-12/h1-6,9,18H,7-8H2. The van der Waals surface area contributed by atoms with Gasteiger partial charge in [-0.05, 0) is 42.3 Å². The molecule has 0 atom stereocenters. The van der Waals surface area contributed by atoms with Gasteiger partial charge >= 0.3 is 0 Å². The van der Waals surface area contributed by atoms with E-state index >= 15 is 0 Å². The van der Waals surface area contributed by atoms with Gasteiger partial charge in [0, 0.05) is 6.54 Å². The first-order valence-corrected chi connectivity index (χ1v) is 7.56. The second kappa shape index (κ2) is 6.28. The first kappa shape index (κ1) is 15.5. The molecule has 0 aliphatic carbocycles. The molecule has 21 heavy (non-hydrogen) atoms. The van der Waals surface area contributed by atoms with Crippen LogP contribution in [0.5, 0.6) is 0 Å².